The highest BCUT2D eigenvalue weighted by Crippen LogP contribution is 2.16. The van der Waals surface area contributed by atoms with Gasteiger partial charge in [0.05, 0.1) is 12.8 Å². The number of nitrogens with zero attached hydrogens (tertiary/aromatic N) is 5. The van der Waals surface area contributed by atoms with E-state index < -0.39 is 0 Å². The molecule has 1 aliphatic heterocycles. The summed E-state index contributed by atoms with van der Waals surface area (Å²) in [7, 11) is 1.67. The average Bonchev–Trinajstić information content (AvgIpc) is 3.29. The molecule has 2 heterocycles. The second-order valence-electron chi connectivity index (χ2n) is 6.80. The van der Waals surface area contributed by atoms with Gasteiger partial charge in [-0.05, 0) is 42.0 Å². The molecule has 1 aromatic heterocycles. The lowest BCUT2D eigenvalue weighted by atomic mass is 10.1. The van der Waals surface area contributed by atoms with E-state index in [-0.39, 0.29) is 5.91 Å². The molecule has 3 aromatic rings. The van der Waals surface area contributed by atoms with Gasteiger partial charge in [-0.1, -0.05) is 12.1 Å². The Labute approximate surface area is 164 Å². The maximum Gasteiger partial charge on any atom is 0.253 e. The average molecular weight is 377 g/mol. The molecular formula is C21H23N5O2. The maximum atomic E-state index is 12.8. The van der Waals surface area contributed by atoms with Crippen LogP contribution in [0.1, 0.15) is 15.9 Å². The van der Waals surface area contributed by atoms with Gasteiger partial charge in [-0.25, -0.2) is 9.67 Å². The number of piperazine rings is 1. The summed E-state index contributed by atoms with van der Waals surface area (Å²) >= 11 is 0. The quantitative estimate of drug-likeness (QED) is 0.682. The Kier molecular flexibility index (Phi) is 5.34. The normalized spacial score (nSPS) is 14.8. The molecule has 1 fully saturated rings. The van der Waals surface area contributed by atoms with E-state index in [2.05, 4.69) is 27.1 Å². The van der Waals surface area contributed by atoms with Crippen molar-refractivity contribution < 1.29 is 9.53 Å². The Bertz CT molecular complexity index is 899. The van der Waals surface area contributed by atoms with Crippen molar-refractivity contribution in [2.45, 2.75) is 6.54 Å². The molecule has 1 amide bonds. The smallest absolute Gasteiger partial charge is 0.253 e. The summed E-state index contributed by atoms with van der Waals surface area (Å²) in [6.45, 7) is 4.10. The van der Waals surface area contributed by atoms with Crippen LogP contribution in [0.5, 0.6) is 5.75 Å². The van der Waals surface area contributed by atoms with Gasteiger partial charge in [-0.15, -0.1) is 0 Å². The lowest BCUT2D eigenvalue weighted by Crippen LogP contribution is -2.48. The molecule has 0 saturated carbocycles. The molecule has 1 saturated heterocycles. The van der Waals surface area contributed by atoms with Gasteiger partial charge in [0.2, 0.25) is 0 Å². The molecule has 0 N–H and O–H groups in total. The van der Waals surface area contributed by atoms with E-state index >= 15 is 0 Å². The van der Waals surface area contributed by atoms with Gasteiger partial charge < -0.3 is 9.64 Å². The Hall–Kier alpha value is -3.19. The van der Waals surface area contributed by atoms with Crippen molar-refractivity contribution in [1.29, 1.82) is 0 Å². The Morgan fingerprint density at radius 2 is 1.71 bits per heavy atom. The zero-order chi connectivity index (χ0) is 19.3. The van der Waals surface area contributed by atoms with Crippen LogP contribution in [0.3, 0.4) is 0 Å². The van der Waals surface area contributed by atoms with Crippen molar-refractivity contribution in [3.05, 3.63) is 72.3 Å². The van der Waals surface area contributed by atoms with Crippen molar-refractivity contribution in [3.8, 4) is 11.4 Å². The summed E-state index contributed by atoms with van der Waals surface area (Å²) in [5.74, 6) is 0.947. The van der Waals surface area contributed by atoms with Crippen LogP contribution < -0.4 is 4.74 Å². The van der Waals surface area contributed by atoms with E-state index in [9.17, 15) is 4.79 Å². The second kappa shape index (κ2) is 8.22. The van der Waals surface area contributed by atoms with Crippen LogP contribution in [0.4, 0.5) is 0 Å². The monoisotopic (exact) mass is 377 g/mol. The first-order valence-electron chi connectivity index (χ1n) is 9.32. The fraction of sp³-hybridized carbons (Fsp3) is 0.286. The van der Waals surface area contributed by atoms with Crippen LogP contribution >= 0.6 is 0 Å². The van der Waals surface area contributed by atoms with Crippen molar-refractivity contribution in [2.24, 2.45) is 0 Å². The molecule has 0 spiro atoms. The Morgan fingerprint density at radius 1 is 1.00 bits per heavy atom. The molecule has 144 valence electrons. The highest BCUT2D eigenvalue weighted by Gasteiger charge is 2.22. The molecular weight excluding hydrogens is 354 g/mol. The minimum absolute atomic E-state index is 0.0780. The highest BCUT2D eigenvalue weighted by atomic mass is 16.5. The van der Waals surface area contributed by atoms with Crippen LogP contribution in [-0.2, 0) is 6.54 Å². The van der Waals surface area contributed by atoms with E-state index in [0.717, 1.165) is 44.2 Å². The molecule has 1 aliphatic rings. The van der Waals surface area contributed by atoms with Crippen molar-refractivity contribution in [3.63, 3.8) is 0 Å². The summed E-state index contributed by atoms with van der Waals surface area (Å²) in [5.41, 5.74) is 2.84. The number of aromatic nitrogens is 3. The van der Waals surface area contributed by atoms with Crippen LogP contribution in [0.2, 0.25) is 0 Å². The summed E-state index contributed by atoms with van der Waals surface area (Å²) < 4.78 is 6.88. The number of amides is 1. The fourth-order valence-electron chi connectivity index (χ4n) is 3.38. The summed E-state index contributed by atoms with van der Waals surface area (Å²) in [4.78, 5) is 21.0. The molecule has 28 heavy (non-hydrogen) atoms. The zero-order valence-electron chi connectivity index (χ0n) is 15.9. The minimum Gasteiger partial charge on any atom is -0.497 e. The SMILES string of the molecule is COc1ccc(CN2CCN(C(=O)c3ccc(-n4cncn4)cc3)CC2)cc1. The van der Waals surface area contributed by atoms with Gasteiger partial charge in [-0.3, -0.25) is 9.69 Å². The van der Waals surface area contributed by atoms with Crippen LogP contribution in [0.25, 0.3) is 5.69 Å². The first kappa shape index (κ1) is 18.2. The van der Waals surface area contributed by atoms with Crippen molar-refractivity contribution >= 4 is 5.91 Å². The van der Waals surface area contributed by atoms with Gasteiger partial charge in [0.1, 0.15) is 18.4 Å². The van der Waals surface area contributed by atoms with Crippen LogP contribution in [0, 0.1) is 0 Å². The number of hydrogen-bond acceptors (Lipinski definition) is 5. The van der Waals surface area contributed by atoms with Gasteiger partial charge >= 0.3 is 0 Å². The first-order valence-corrected chi connectivity index (χ1v) is 9.32. The number of hydrogen-bond donors (Lipinski definition) is 0. The topological polar surface area (TPSA) is 63.5 Å². The number of methoxy groups -OCH3 is 1. The van der Waals surface area contributed by atoms with E-state index in [0.29, 0.717) is 5.56 Å². The van der Waals surface area contributed by atoms with E-state index in [4.69, 9.17) is 4.74 Å². The first-order chi connectivity index (χ1) is 13.7. The Morgan fingerprint density at radius 3 is 2.32 bits per heavy atom. The molecule has 0 aliphatic carbocycles. The highest BCUT2D eigenvalue weighted by molar-refractivity contribution is 5.94. The minimum atomic E-state index is 0.0780. The number of carbonyl (C=O) groups excluding carboxylic acids is 1. The molecule has 7 heteroatoms. The standard InChI is InChI=1S/C21H23N5O2/c1-28-20-8-2-17(3-9-20)14-24-10-12-25(13-11-24)21(27)18-4-6-19(7-5-18)26-16-22-15-23-26/h2-9,15-16H,10-14H2,1H3. The molecule has 0 bridgehead atoms. The summed E-state index contributed by atoms with van der Waals surface area (Å²) in [5, 5.41) is 4.10. The number of benzene rings is 2. The van der Waals surface area contributed by atoms with E-state index in [1.54, 1.807) is 18.1 Å². The van der Waals surface area contributed by atoms with Crippen molar-refractivity contribution in [1.82, 2.24) is 24.6 Å². The molecule has 2 aromatic carbocycles. The molecule has 0 unspecified atom stereocenters. The number of ether oxygens (including phenoxy) is 1. The van der Waals surface area contributed by atoms with Crippen LogP contribution in [0.15, 0.2) is 61.2 Å². The lowest BCUT2D eigenvalue weighted by Gasteiger charge is -2.34. The fourth-order valence-corrected chi connectivity index (χ4v) is 3.38. The summed E-state index contributed by atoms with van der Waals surface area (Å²) in [6, 6.07) is 15.6. The molecule has 7 nitrogen and oxygen atoms in total. The maximum absolute atomic E-state index is 12.8. The third-order valence-corrected chi connectivity index (χ3v) is 5.02. The lowest BCUT2D eigenvalue weighted by molar-refractivity contribution is 0.0628. The second-order valence-corrected chi connectivity index (χ2v) is 6.80. The Balaban J connectivity index is 1.32. The van der Waals surface area contributed by atoms with E-state index in [1.165, 1.54) is 11.9 Å². The van der Waals surface area contributed by atoms with Gasteiger partial charge in [0.25, 0.3) is 5.91 Å². The van der Waals surface area contributed by atoms with Gasteiger partial charge in [0.15, 0.2) is 0 Å². The van der Waals surface area contributed by atoms with Gasteiger partial charge in [-0.2, -0.15) is 5.10 Å². The van der Waals surface area contributed by atoms with E-state index in [1.807, 2.05) is 41.3 Å². The molecule has 4 rings (SSSR count). The third-order valence-electron chi connectivity index (χ3n) is 5.02. The van der Waals surface area contributed by atoms with Crippen molar-refractivity contribution in [2.75, 3.05) is 33.3 Å². The zero-order valence-corrected chi connectivity index (χ0v) is 15.9. The molecule has 0 atom stereocenters. The predicted octanol–water partition coefficient (Wildman–Crippen LogP) is 2.23. The number of carbonyl (C=O) groups is 1. The third kappa shape index (κ3) is 4.04. The summed E-state index contributed by atoms with van der Waals surface area (Å²) in [6.07, 6.45) is 3.13. The van der Waals surface area contributed by atoms with Gasteiger partial charge in [0, 0.05) is 38.3 Å². The molecule has 0 radical (unpaired) electrons. The van der Waals surface area contributed by atoms with Crippen LogP contribution in [-0.4, -0.2) is 63.8 Å². The number of rotatable bonds is 5. The largest absolute Gasteiger partial charge is 0.497 e. The predicted molar refractivity (Wildman–Crippen MR) is 106 cm³/mol.